The van der Waals surface area contributed by atoms with Gasteiger partial charge in [0.2, 0.25) is 0 Å². The summed E-state index contributed by atoms with van der Waals surface area (Å²) in [6.07, 6.45) is 1.24. The lowest BCUT2D eigenvalue weighted by Crippen LogP contribution is -1.97. The largest absolute Gasteiger partial charge is 0.504 e. The molecule has 1 aromatic heterocycles. The van der Waals surface area contributed by atoms with Crippen LogP contribution in [0.2, 0.25) is 0 Å². The number of hydrogen-bond acceptors (Lipinski definition) is 4. The molecule has 13 heavy (non-hydrogen) atoms. The van der Waals surface area contributed by atoms with Crippen LogP contribution < -0.4 is 5.43 Å². The number of rotatable bonds is 0. The van der Waals surface area contributed by atoms with E-state index >= 15 is 0 Å². The summed E-state index contributed by atoms with van der Waals surface area (Å²) in [6, 6.07) is 3.63. The van der Waals surface area contributed by atoms with Gasteiger partial charge in [0.15, 0.2) is 16.9 Å². The molecule has 0 bridgehead atoms. The summed E-state index contributed by atoms with van der Waals surface area (Å²) in [5, 5.41) is 18.5. The van der Waals surface area contributed by atoms with Crippen molar-refractivity contribution in [3.8, 4) is 11.5 Å². The first-order chi connectivity index (χ1) is 6.18. The Morgan fingerprint density at radius 3 is 2.62 bits per heavy atom. The molecular weight excluding hydrogens is 172 g/mol. The lowest BCUT2D eigenvalue weighted by Gasteiger charge is -1.98. The minimum absolute atomic E-state index is 0.248. The van der Waals surface area contributed by atoms with Crippen molar-refractivity contribution in [3.63, 3.8) is 0 Å². The summed E-state index contributed by atoms with van der Waals surface area (Å²) >= 11 is 0. The van der Waals surface area contributed by atoms with Crippen LogP contribution in [0.25, 0.3) is 11.0 Å². The van der Waals surface area contributed by atoms with Gasteiger partial charge in [0.25, 0.3) is 0 Å². The topological polar surface area (TPSA) is 70.7 Å². The Balaban J connectivity index is 2.97. The number of fused-ring (bicyclic) bond motifs is 1. The molecule has 0 saturated carbocycles. The first-order valence-electron chi connectivity index (χ1n) is 3.62. The molecule has 2 N–H and O–H groups in total. The molecule has 2 aromatic rings. The molecule has 0 aliphatic carbocycles. The molecule has 2 rings (SSSR count). The van der Waals surface area contributed by atoms with Gasteiger partial charge in [-0.1, -0.05) is 0 Å². The van der Waals surface area contributed by atoms with Crippen molar-refractivity contribution in [3.05, 3.63) is 34.7 Å². The second-order valence-corrected chi connectivity index (χ2v) is 2.62. The van der Waals surface area contributed by atoms with Gasteiger partial charge in [0.05, 0.1) is 11.6 Å². The van der Waals surface area contributed by atoms with Gasteiger partial charge in [-0.3, -0.25) is 4.79 Å². The van der Waals surface area contributed by atoms with Crippen LogP contribution in [0, 0.1) is 0 Å². The third-order valence-electron chi connectivity index (χ3n) is 1.76. The molecule has 0 atom stereocenters. The summed E-state index contributed by atoms with van der Waals surface area (Å²) in [6.45, 7) is 0. The molecule has 4 nitrogen and oxygen atoms in total. The van der Waals surface area contributed by atoms with Crippen molar-refractivity contribution in [1.82, 2.24) is 0 Å². The summed E-state index contributed by atoms with van der Waals surface area (Å²) < 4.78 is 4.96. The molecule has 0 aliphatic heterocycles. The second kappa shape index (κ2) is 2.52. The van der Waals surface area contributed by atoms with Crippen molar-refractivity contribution in [2.75, 3.05) is 0 Å². The van der Waals surface area contributed by atoms with E-state index in [1.165, 1.54) is 24.5 Å². The first kappa shape index (κ1) is 7.67. The van der Waals surface area contributed by atoms with Crippen LogP contribution in [-0.4, -0.2) is 10.2 Å². The van der Waals surface area contributed by atoms with Crippen LogP contribution >= 0.6 is 0 Å². The molecule has 0 fully saturated rings. The van der Waals surface area contributed by atoms with Crippen LogP contribution in [0.1, 0.15) is 0 Å². The third-order valence-corrected chi connectivity index (χ3v) is 1.76. The van der Waals surface area contributed by atoms with Crippen molar-refractivity contribution >= 4 is 11.0 Å². The third kappa shape index (κ3) is 1.12. The maximum Gasteiger partial charge on any atom is 0.192 e. The van der Waals surface area contributed by atoms with Crippen LogP contribution in [-0.2, 0) is 0 Å². The van der Waals surface area contributed by atoms with E-state index in [2.05, 4.69) is 0 Å². The molecule has 1 heterocycles. The van der Waals surface area contributed by atoms with E-state index in [0.29, 0.717) is 0 Å². The first-order valence-corrected chi connectivity index (χ1v) is 3.62. The fourth-order valence-corrected chi connectivity index (χ4v) is 1.11. The maximum atomic E-state index is 11.2. The Kier molecular flexibility index (Phi) is 1.48. The average molecular weight is 178 g/mol. The molecular formula is C9H6O4. The average Bonchev–Trinajstić information content (AvgIpc) is 2.09. The minimum Gasteiger partial charge on any atom is -0.504 e. The van der Waals surface area contributed by atoms with Gasteiger partial charge in [-0.2, -0.15) is 0 Å². The highest BCUT2D eigenvalue weighted by molar-refractivity contribution is 5.80. The predicted octanol–water partition coefficient (Wildman–Crippen LogP) is 1.20. The van der Waals surface area contributed by atoms with Crippen LogP contribution in [0.5, 0.6) is 11.5 Å². The van der Waals surface area contributed by atoms with E-state index in [-0.39, 0.29) is 27.9 Å². The van der Waals surface area contributed by atoms with Crippen LogP contribution in [0.4, 0.5) is 0 Å². The molecule has 0 saturated heterocycles. The lowest BCUT2D eigenvalue weighted by atomic mass is 10.2. The van der Waals surface area contributed by atoms with Crippen LogP contribution in [0.3, 0.4) is 0 Å². The predicted molar refractivity (Wildman–Crippen MR) is 45.8 cm³/mol. The normalized spacial score (nSPS) is 10.5. The Bertz CT molecular complexity index is 512. The zero-order valence-electron chi connectivity index (χ0n) is 6.52. The van der Waals surface area contributed by atoms with Gasteiger partial charge in [0, 0.05) is 12.1 Å². The van der Waals surface area contributed by atoms with Gasteiger partial charge < -0.3 is 14.6 Å². The molecule has 66 valence electrons. The molecule has 1 aromatic carbocycles. The highest BCUT2D eigenvalue weighted by Crippen LogP contribution is 2.28. The van der Waals surface area contributed by atoms with Crippen molar-refractivity contribution in [2.24, 2.45) is 0 Å². The van der Waals surface area contributed by atoms with Crippen LogP contribution in [0.15, 0.2) is 33.7 Å². The number of phenols is 2. The number of hydrogen-bond donors (Lipinski definition) is 2. The summed E-state index contributed by atoms with van der Waals surface area (Å²) in [7, 11) is 0. The molecule has 0 spiro atoms. The van der Waals surface area contributed by atoms with E-state index < -0.39 is 0 Å². The van der Waals surface area contributed by atoms with Crippen molar-refractivity contribution in [2.45, 2.75) is 0 Å². The Labute approximate surface area is 72.7 Å². The summed E-state index contributed by atoms with van der Waals surface area (Å²) in [4.78, 5) is 11.2. The summed E-state index contributed by atoms with van der Waals surface area (Å²) in [5.41, 5.74) is -0.000602. The van der Waals surface area contributed by atoms with E-state index in [9.17, 15) is 4.79 Å². The SMILES string of the molecule is O=c1ccoc2cc(O)c(O)cc12. The van der Waals surface area contributed by atoms with E-state index in [1.807, 2.05) is 0 Å². The van der Waals surface area contributed by atoms with Gasteiger partial charge >= 0.3 is 0 Å². The van der Waals surface area contributed by atoms with Crippen molar-refractivity contribution in [1.29, 1.82) is 0 Å². The monoisotopic (exact) mass is 178 g/mol. The van der Waals surface area contributed by atoms with E-state index in [0.717, 1.165) is 0 Å². The van der Waals surface area contributed by atoms with Gasteiger partial charge in [-0.25, -0.2) is 0 Å². The Hall–Kier alpha value is -1.97. The molecule has 0 unspecified atom stereocenters. The highest BCUT2D eigenvalue weighted by atomic mass is 16.3. The summed E-state index contributed by atoms with van der Waals surface area (Å²) in [5.74, 6) is -0.632. The smallest absolute Gasteiger partial charge is 0.192 e. The number of phenolic OH excluding ortho intramolecular Hbond substituents is 2. The molecule has 0 amide bonds. The molecule has 0 aliphatic rings. The molecule has 4 heteroatoms. The quantitative estimate of drug-likeness (QED) is 0.594. The zero-order chi connectivity index (χ0) is 9.42. The van der Waals surface area contributed by atoms with Gasteiger partial charge in [-0.15, -0.1) is 0 Å². The fourth-order valence-electron chi connectivity index (χ4n) is 1.11. The molecule has 0 radical (unpaired) electrons. The lowest BCUT2D eigenvalue weighted by molar-refractivity contribution is 0.403. The second-order valence-electron chi connectivity index (χ2n) is 2.62. The maximum absolute atomic E-state index is 11.2. The highest BCUT2D eigenvalue weighted by Gasteiger charge is 2.05. The minimum atomic E-state index is -0.328. The van der Waals surface area contributed by atoms with Crippen molar-refractivity contribution < 1.29 is 14.6 Å². The number of benzene rings is 1. The Morgan fingerprint density at radius 1 is 1.15 bits per heavy atom. The fraction of sp³-hybridized carbons (Fsp3) is 0. The van der Waals surface area contributed by atoms with E-state index in [1.54, 1.807) is 0 Å². The standard InChI is InChI=1S/C9H6O4/c10-6-1-2-13-9-4-8(12)7(11)3-5(6)9/h1-4,11-12H. The number of aromatic hydroxyl groups is 2. The van der Waals surface area contributed by atoms with Gasteiger partial charge in [0.1, 0.15) is 5.58 Å². The Morgan fingerprint density at radius 2 is 1.85 bits per heavy atom. The van der Waals surface area contributed by atoms with Gasteiger partial charge in [-0.05, 0) is 6.07 Å². The zero-order valence-corrected chi connectivity index (χ0v) is 6.52. The van der Waals surface area contributed by atoms with E-state index in [4.69, 9.17) is 14.6 Å².